The molecule has 3 rings (SSSR count). The predicted octanol–water partition coefficient (Wildman–Crippen LogP) is 3.00. The van der Waals surface area contributed by atoms with Gasteiger partial charge < -0.3 is 0 Å². The molecule has 138 valence electrons. The number of sulfonamides is 1. The number of amides is 1. The molecule has 1 aromatic rings. The fourth-order valence-corrected chi connectivity index (χ4v) is 6.62. The van der Waals surface area contributed by atoms with Gasteiger partial charge in [-0.15, -0.1) is 11.8 Å². The molecule has 5 nitrogen and oxygen atoms in total. The van der Waals surface area contributed by atoms with Crippen molar-refractivity contribution in [1.29, 1.82) is 0 Å². The molecule has 2 aliphatic rings. The summed E-state index contributed by atoms with van der Waals surface area (Å²) in [6.07, 6.45) is 2.94. The van der Waals surface area contributed by atoms with Gasteiger partial charge in [0.25, 0.3) is 0 Å². The Hall–Kier alpha value is -1.05. The van der Waals surface area contributed by atoms with Crippen LogP contribution < -0.4 is 4.90 Å². The van der Waals surface area contributed by atoms with Crippen molar-refractivity contribution in [1.82, 2.24) is 4.31 Å². The largest absolute Gasteiger partial charge is 0.296 e. The van der Waals surface area contributed by atoms with E-state index in [2.05, 4.69) is 0 Å². The first-order valence-corrected chi connectivity index (χ1v) is 11.5. The number of carbonyl (C=O) groups excluding carboxylic acids is 1. The zero-order valence-electron chi connectivity index (χ0n) is 14.9. The zero-order chi connectivity index (χ0) is 18.1. The third kappa shape index (κ3) is 3.73. The van der Waals surface area contributed by atoms with Crippen LogP contribution in [-0.4, -0.2) is 48.1 Å². The highest BCUT2D eigenvalue weighted by molar-refractivity contribution is 8.02. The zero-order valence-corrected chi connectivity index (χ0v) is 16.5. The van der Waals surface area contributed by atoms with Crippen LogP contribution in [-0.2, 0) is 14.8 Å². The number of aryl methyl sites for hydroxylation is 1. The van der Waals surface area contributed by atoms with Crippen molar-refractivity contribution in [2.45, 2.75) is 44.4 Å². The number of nitrogens with zero attached hydrogens (tertiary/aromatic N) is 2. The Morgan fingerprint density at radius 2 is 1.96 bits per heavy atom. The number of thioether (sulfide) groups is 1. The maximum Gasteiger partial charge on any atom is 0.238 e. The molecule has 1 spiro atoms. The summed E-state index contributed by atoms with van der Waals surface area (Å²) < 4.78 is 26.5. The predicted molar refractivity (Wildman–Crippen MR) is 103 cm³/mol. The van der Waals surface area contributed by atoms with E-state index in [9.17, 15) is 13.2 Å². The minimum absolute atomic E-state index is 0.123. The molecule has 0 radical (unpaired) electrons. The normalized spacial score (nSPS) is 21.2. The molecule has 0 saturated carbocycles. The van der Waals surface area contributed by atoms with Crippen molar-refractivity contribution < 1.29 is 13.2 Å². The van der Waals surface area contributed by atoms with E-state index in [0.717, 1.165) is 17.7 Å². The molecule has 0 aliphatic carbocycles. The van der Waals surface area contributed by atoms with Crippen LogP contribution in [0.3, 0.4) is 0 Å². The molecule has 2 aliphatic heterocycles. The first-order valence-electron chi connectivity index (χ1n) is 8.89. The Morgan fingerprint density at radius 3 is 2.60 bits per heavy atom. The van der Waals surface area contributed by atoms with Gasteiger partial charge in [0.2, 0.25) is 15.9 Å². The van der Waals surface area contributed by atoms with Gasteiger partial charge in [-0.1, -0.05) is 25.5 Å². The molecule has 0 unspecified atom stereocenters. The lowest BCUT2D eigenvalue weighted by Gasteiger charge is -2.43. The van der Waals surface area contributed by atoms with E-state index < -0.39 is 10.0 Å². The summed E-state index contributed by atoms with van der Waals surface area (Å²) in [4.78, 5) is 14.2. The Kier molecular flexibility index (Phi) is 5.46. The van der Waals surface area contributed by atoms with Crippen molar-refractivity contribution in [3.63, 3.8) is 0 Å². The van der Waals surface area contributed by atoms with Crippen molar-refractivity contribution in [2.75, 3.05) is 29.5 Å². The molecule has 0 aromatic heterocycles. The van der Waals surface area contributed by atoms with Crippen molar-refractivity contribution in [3.05, 3.63) is 29.8 Å². The van der Waals surface area contributed by atoms with Crippen LogP contribution in [0.15, 0.2) is 24.3 Å². The molecule has 2 fully saturated rings. The number of hydrogen-bond donors (Lipinski definition) is 0. The lowest BCUT2D eigenvalue weighted by molar-refractivity contribution is -0.116. The monoisotopic (exact) mass is 382 g/mol. The Bertz CT molecular complexity index is 740. The van der Waals surface area contributed by atoms with Gasteiger partial charge in [-0.2, -0.15) is 0 Å². The Labute approximate surface area is 154 Å². The molecule has 0 atom stereocenters. The van der Waals surface area contributed by atoms with Gasteiger partial charge in [-0.05, 0) is 43.9 Å². The molecular formula is C18H26N2O3S2. The first kappa shape index (κ1) is 18.7. The van der Waals surface area contributed by atoms with Gasteiger partial charge in [-0.25, -0.2) is 12.7 Å². The number of benzene rings is 1. The van der Waals surface area contributed by atoms with Crippen molar-refractivity contribution in [3.8, 4) is 0 Å². The maximum absolute atomic E-state index is 12.6. The van der Waals surface area contributed by atoms with Gasteiger partial charge in [0.05, 0.1) is 16.4 Å². The van der Waals surface area contributed by atoms with E-state index in [-0.39, 0.29) is 16.5 Å². The SMILES string of the molecule is CCCCS(=O)(=O)N1CCC2(CC1)SCC(=O)N2c1cccc(C)c1. The van der Waals surface area contributed by atoms with Gasteiger partial charge in [0.1, 0.15) is 0 Å². The average Bonchev–Trinajstić information content (AvgIpc) is 2.89. The van der Waals surface area contributed by atoms with Crippen LogP contribution in [0.4, 0.5) is 5.69 Å². The molecule has 0 bridgehead atoms. The fraction of sp³-hybridized carbons (Fsp3) is 0.611. The summed E-state index contributed by atoms with van der Waals surface area (Å²) in [5.41, 5.74) is 2.05. The van der Waals surface area contributed by atoms with Gasteiger partial charge in [0, 0.05) is 18.8 Å². The molecular weight excluding hydrogens is 356 g/mol. The molecule has 2 saturated heterocycles. The number of carbonyl (C=O) groups is 1. The molecule has 7 heteroatoms. The number of piperidine rings is 1. The van der Waals surface area contributed by atoms with Crippen LogP contribution in [0, 0.1) is 6.92 Å². The average molecular weight is 383 g/mol. The third-order valence-electron chi connectivity index (χ3n) is 5.03. The molecule has 25 heavy (non-hydrogen) atoms. The molecule has 1 aromatic carbocycles. The smallest absolute Gasteiger partial charge is 0.238 e. The number of unbranched alkanes of at least 4 members (excludes halogenated alkanes) is 1. The Morgan fingerprint density at radius 1 is 1.24 bits per heavy atom. The minimum atomic E-state index is -3.17. The van der Waals surface area contributed by atoms with Crippen LogP contribution in [0.1, 0.15) is 38.2 Å². The fourth-order valence-electron chi connectivity index (χ4n) is 3.64. The lowest BCUT2D eigenvalue weighted by atomic mass is 10.0. The van der Waals surface area contributed by atoms with Crippen molar-refractivity contribution in [2.24, 2.45) is 0 Å². The lowest BCUT2D eigenvalue weighted by Crippen LogP contribution is -2.53. The highest BCUT2D eigenvalue weighted by Crippen LogP contribution is 2.47. The van der Waals surface area contributed by atoms with E-state index in [4.69, 9.17) is 0 Å². The minimum Gasteiger partial charge on any atom is -0.296 e. The van der Waals surface area contributed by atoms with Crippen LogP contribution in [0.25, 0.3) is 0 Å². The Balaban J connectivity index is 1.78. The standard InChI is InChI=1S/C18H26N2O3S2/c1-3-4-12-25(22,23)19-10-8-18(9-11-19)20(17(21)14-24-18)16-7-5-6-15(2)13-16/h5-7,13H,3-4,8-12,14H2,1-2H3. The summed E-state index contributed by atoms with van der Waals surface area (Å²) in [5.74, 6) is 0.818. The van der Waals surface area contributed by atoms with E-state index in [1.54, 1.807) is 16.1 Å². The van der Waals surface area contributed by atoms with E-state index >= 15 is 0 Å². The van der Waals surface area contributed by atoms with E-state index in [0.29, 0.717) is 38.1 Å². The third-order valence-corrected chi connectivity index (χ3v) is 8.51. The van der Waals surface area contributed by atoms with Gasteiger partial charge >= 0.3 is 0 Å². The van der Waals surface area contributed by atoms with Crippen LogP contribution in [0.2, 0.25) is 0 Å². The maximum atomic E-state index is 12.6. The van der Waals surface area contributed by atoms with Gasteiger partial charge in [-0.3, -0.25) is 9.69 Å². The highest BCUT2D eigenvalue weighted by Gasteiger charge is 2.49. The van der Waals surface area contributed by atoms with E-state index in [1.807, 2.05) is 43.0 Å². The topological polar surface area (TPSA) is 57.7 Å². The number of anilines is 1. The van der Waals surface area contributed by atoms with Gasteiger partial charge in [0.15, 0.2) is 0 Å². The van der Waals surface area contributed by atoms with Crippen molar-refractivity contribution >= 4 is 33.4 Å². The van der Waals surface area contributed by atoms with E-state index in [1.165, 1.54) is 0 Å². The number of rotatable bonds is 5. The second-order valence-electron chi connectivity index (χ2n) is 6.87. The molecule has 2 heterocycles. The van der Waals surface area contributed by atoms with Crippen LogP contribution in [0.5, 0.6) is 0 Å². The quantitative estimate of drug-likeness (QED) is 0.785. The first-order chi connectivity index (χ1) is 11.9. The summed E-state index contributed by atoms with van der Waals surface area (Å²) in [6.45, 7) is 5.01. The number of hydrogen-bond acceptors (Lipinski definition) is 4. The summed E-state index contributed by atoms with van der Waals surface area (Å²) >= 11 is 1.67. The molecule has 1 amide bonds. The summed E-state index contributed by atoms with van der Waals surface area (Å²) in [6, 6.07) is 8.00. The second-order valence-corrected chi connectivity index (χ2v) is 10.3. The second kappa shape index (κ2) is 7.29. The van der Waals surface area contributed by atoms with Crippen LogP contribution >= 0.6 is 11.8 Å². The molecule has 0 N–H and O–H groups in total. The highest BCUT2D eigenvalue weighted by atomic mass is 32.2. The summed E-state index contributed by atoms with van der Waals surface area (Å²) in [7, 11) is -3.17. The summed E-state index contributed by atoms with van der Waals surface area (Å²) in [5, 5.41) is 0.